The molecule has 0 spiro atoms. The number of rotatable bonds is 2. The van der Waals surface area contributed by atoms with Crippen LogP contribution in [-0.2, 0) is 4.79 Å². The predicted octanol–water partition coefficient (Wildman–Crippen LogP) is 3.84. The second-order valence-electron chi connectivity index (χ2n) is 6.07. The first-order chi connectivity index (χ1) is 14.0. The van der Waals surface area contributed by atoms with Crippen LogP contribution in [0.5, 0.6) is 0 Å². The van der Waals surface area contributed by atoms with Crippen LogP contribution in [0.1, 0.15) is 16.6 Å². The molecule has 0 atom stereocenters. The van der Waals surface area contributed by atoms with Gasteiger partial charge in [-0.1, -0.05) is 0 Å². The van der Waals surface area contributed by atoms with Gasteiger partial charge in [-0.3, -0.25) is 4.79 Å². The van der Waals surface area contributed by atoms with E-state index in [0.717, 1.165) is 31.6 Å². The van der Waals surface area contributed by atoms with Gasteiger partial charge in [-0.2, -0.15) is 18.2 Å². The summed E-state index contributed by atoms with van der Waals surface area (Å²) in [5.74, 6) is -2.20. The average molecular weight is 437 g/mol. The van der Waals surface area contributed by atoms with Crippen molar-refractivity contribution in [3.05, 3.63) is 35.3 Å². The molecular weight excluding hydrogens is 423 g/mol. The normalized spacial score (nSPS) is 11.3. The van der Waals surface area contributed by atoms with E-state index in [1.807, 2.05) is 30.5 Å². The zero-order chi connectivity index (χ0) is 22.2. The van der Waals surface area contributed by atoms with E-state index in [2.05, 4.69) is 15.0 Å². The van der Waals surface area contributed by atoms with Crippen LogP contribution in [0.2, 0.25) is 0 Å². The summed E-state index contributed by atoms with van der Waals surface area (Å²) in [5.41, 5.74) is 14.3. The van der Waals surface area contributed by atoms with E-state index < -0.39 is 12.1 Å². The van der Waals surface area contributed by atoms with Gasteiger partial charge in [-0.05, 0) is 31.2 Å². The maximum atomic E-state index is 11.6. The number of hydrogen-bond acceptors (Lipinski definition) is 7. The number of aromatic nitrogens is 3. The van der Waals surface area contributed by atoms with Gasteiger partial charge in [0.15, 0.2) is 5.78 Å². The lowest BCUT2D eigenvalue weighted by Gasteiger charge is -2.08. The van der Waals surface area contributed by atoms with Gasteiger partial charge in [-0.25, -0.2) is 9.78 Å². The minimum Gasteiger partial charge on any atom is -0.475 e. The SMILES string of the molecule is CC(=O)c1ccc(-c2cc3nc(N)nc(N)c3c3cc[nH]c23)s1.O=C(O)C(F)(F)F. The molecule has 0 fully saturated rings. The highest BCUT2D eigenvalue weighted by Crippen LogP contribution is 2.38. The van der Waals surface area contributed by atoms with E-state index >= 15 is 0 Å². The molecule has 0 amide bonds. The highest BCUT2D eigenvalue weighted by atomic mass is 32.1. The molecule has 3 aromatic heterocycles. The number of H-pyrrole nitrogens is 1. The number of nitrogen functional groups attached to an aromatic ring is 2. The Bertz CT molecular complexity index is 1280. The highest BCUT2D eigenvalue weighted by molar-refractivity contribution is 7.17. The van der Waals surface area contributed by atoms with Crippen molar-refractivity contribution in [2.75, 3.05) is 11.5 Å². The van der Waals surface area contributed by atoms with Crippen molar-refractivity contribution in [1.82, 2.24) is 15.0 Å². The molecule has 12 heteroatoms. The average Bonchev–Trinajstić information content (AvgIpc) is 3.30. The minimum atomic E-state index is -5.08. The van der Waals surface area contributed by atoms with Crippen molar-refractivity contribution < 1.29 is 27.9 Å². The number of nitrogens with two attached hydrogens (primary N) is 2. The lowest BCUT2D eigenvalue weighted by Crippen LogP contribution is -2.21. The van der Waals surface area contributed by atoms with Crippen molar-refractivity contribution in [3.8, 4) is 10.4 Å². The summed E-state index contributed by atoms with van der Waals surface area (Å²) in [6, 6.07) is 7.65. The Labute approximate surface area is 170 Å². The Morgan fingerprint density at radius 2 is 1.83 bits per heavy atom. The molecule has 0 saturated carbocycles. The second-order valence-corrected chi connectivity index (χ2v) is 7.16. The third-order valence-electron chi connectivity index (χ3n) is 4.01. The summed E-state index contributed by atoms with van der Waals surface area (Å²) in [6.45, 7) is 1.56. The van der Waals surface area contributed by atoms with Crippen LogP contribution in [0.15, 0.2) is 30.5 Å². The van der Waals surface area contributed by atoms with Crippen molar-refractivity contribution in [2.24, 2.45) is 0 Å². The van der Waals surface area contributed by atoms with Crippen LogP contribution in [0.4, 0.5) is 24.9 Å². The number of halogens is 3. The summed E-state index contributed by atoms with van der Waals surface area (Å²) >= 11 is 1.45. The second kappa shape index (κ2) is 7.63. The smallest absolute Gasteiger partial charge is 0.475 e. The lowest BCUT2D eigenvalue weighted by atomic mass is 10.1. The summed E-state index contributed by atoms with van der Waals surface area (Å²) in [7, 11) is 0. The van der Waals surface area contributed by atoms with Crippen LogP contribution < -0.4 is 11.5 Å². The topological polar surface area (TPSA) is 148 Å². The molecule has 8 nitrogen and oxygen atoms in total. The molecule has 30 heavy (non-hydrogen) atoms. The number of hydrogen-bond donors (Lipinski definition) is 4. The van der Waals surface area contributed by atoms with E-state index in [1.165, 1.54) is 11.3 Å². The zero-order valence-electron chi connectivity index (χ0n) is 15.2. The number of fused-ring (bicyclic) bond motifs is 3. The van der Waals surface area contributed by atoms with Gasteiger partial charge < -0.3 is 21.6 Å². The molecule has 3 heterocycles. The number of carbonyl (C=O) groups is 2. The molecule has 1 aromatic carbocycles. The van der Waals surface area contributed by atoms with Crippen LogP contribution in [0.25, 0.3) is 32.2 Å². The molecule has 4 rings (SSSR count). The van der Waals surface area contributed by atoms with Gasteiger partial charge >= 0.3 is 12.1 Å². The van der Waals surface area contributed by atoms with Crippen LogP contribution >= 0.6 is 11.3 Å². The summed E-state index contributed by atoms with van der Waals surface area (Å²) in [6.07, 6.45) is -3.23. The first-order valence-electron chi connectivity index (χ1n) is 8.23. The number of alkyl halides is 3. The molecule has 0 aliphatic carbocycles. The number of nitrogens with zero attached hydrogens (tertiary/aromatic N) is 2. The number of thiophene rings is 1. The van der Waals surface area contributed by atoms with Crippen LogP contribution in [0.3, 0.4) is 0 Å². The number of anilines is 2. The first kappa shape index (κ1) is 21.0. The minimum absolute atomic E-state index is 0.0561. The van der Waals surface area contributed by atoms with Crippen molar-refractivity contribution in [1.29, 1.82) is 0 Å². The Kier molecular flexibility index (Phi) is 5.35. The molecule has 0 unspecified atom stereocenters. The third kappa shape index (κ3) is 4.03. The van der Waals surface area contributed by atoms with Gasteiger partial charge in [-0.15, -0.1) is 11.3 Å². The van der Waals surface area contributed by atoms with Crippen molar-refractivity contribution in [2.45, 2.75) is 13.1 Å². The fraction of sp³-hybridized carbons (Fsp3) is 0.111. The van der Waals surface area contributed by atoms with Crippen molar-refractivity contribution in [3.63, 3.8) is 0 Å². The monoisotopic (exact) mass is 437 g/mol. The number of nitrogens with one attached hydrogen (secondary N) is 1. The Hall–Kier alpha value is -3.67. The molecular formula is C18H14F3N5O3S. The summed E-state index contributed by atoms with van der Waals surface area (Å²) < 4.78 is 31.7. The first-order valence-corrected chi connectivity index (χ1v) is 9.04. The maximum Gasteiger partial charge on any atom is 0.490 e. The highest BCUT2D eigenvalue weighted by Gasteiger charge is 2.38. The Morgan fingerprint density at radius 3 is 2.40 bits per heavy atom. The molecule has 0 aliphatic rings. The van der Waals surface area contributed by atoms with Gasteiger partial charge in [0.2, 0.25) is 5.95 Å². The third-order valence-corrected chi connectivity index (χ3v) is 5.23. The largest absolute Gasteiger partial charge is 0.490 e. The number of Topliss-reactive ketones (excluding diaryl/α,β-unsaturated/α-hetero) is 1. The van der Waals surface area contributed by atoms with E-state index in [9.17, 15) is 18.0 Å². The van der Waals surface area contributed by atoms with Gasteiger partial charge in [0.25, 0.3) is 0 Å². The van der Waals surface area contributed by atoms with Gasteiger partial charge in [0.1, 0.15) is 5.82 Å². The van der Waals surface area contributed by atoms with Gasteiger partial charge in [0, 0.05) is 22.0 Å². The van der Waals surface area contributed by atoms with E-state index in [4.69, 9.17) is 21.4 Å². The standard InChI is InChI=1S/C16H13N5OS.C2HF3O2/c1-7(22)11-2-3-12(23-11)9-6-10-13(8-4-5-19-14(8)9)15(17)21-16(18)20-10;3-2(4,5)1(6)7/h2-6,19H,1H3,(H4,17,18,20,21);(H,6,7). The van der Waals surface area contributed by atoms with E-state index in [0.29, 0.717) is 11.3 Å². The Balaban J connectivity index is 0.000000318. The van der Waals surface area contributed by atoms with E-state index in [-0.39, 0.29) is 11.7 Å². The molecule has 0 saturated heterocycles. The molecule has 4 aromatic rings. The number of aliphatic carboxylic acids is 1. The predicted molar refractivity (Wildman–Crippen MR) is 107 cm³/mol. The van der Waals surface area contributed by atoms with Crippen LogP contribution in [-0.4, -0.2) is 38.0 Å². The fourth-order valence-electron chi connectivity index (χ4n) is 2.77. The molecule has 6 N–H and O–H groups in total. The quantitative estimate of drug-likeness (QED) is 0.348. The molecule has 0 radical (unpaired) electrons. The van der Waals surface area contributed by atoms with Crippen molar-refractivity contribution >= 4 is 56.7 Å². The number of ketones is 1. The van der Waals surface area contributed by atoms with E-state index in [1.54, 1.807) is 6.92 Å². The molecule has 0 bridgehead atoms. The number of benzene rings is 1. The number of carbonyl (C=O) groups excluding carboxylic acids is 1. The Morgan fingerprint density at radius 1 is 1.17 bits per heavy atom. The molecule has 0 aliphatic heterocycles. The summed E-state index contributed by atoms with van der Waals surface area (Å²) in [5, 5.41) is 8.84. The van der Waals surface area contributed by atoms with Crippen LogP contribution in [0, 0.1) is 0 Å². The molecule has 156 valence electrons. The number of aromatic amines is 1. The lowest BCUT2D eigenvalue weighted by molar-refractivity contribution is -0.192. The zero-order valence-corrected chi connectivity index (χ0v) is 16.1. The fourth-order valence-corrected chi connectivity index (χ4v) is 3.69. The van der Waals surface area contributed by atoms with Gasteiger partial charge in [0.05, 0.1) is 21.3 Å². The summed E-state index contributed by atoms with van der Waals surface area (Å²) in [4.78, 5) is 33.8. The maximum absolute atomic E-state index is 11.6. The number of carboxylic acid groups (broad SMARTS) is 1. The number of carboxylic acids is 1.